The number of aryl methyl sites for hydroxylation is 2. The van der Waals surface area contributed by atoms with Crippen LogP contribution in [0.5, 0.6) is 0 Å². The summed E-state index contributed by atoms with van der Waals surface area (Å²) in [5, 5.41) is 7.84. The van der Waals surface area contributed by atoms with Crippen LogP contribution in [0.25, 0.3) is 0 Å². The Kier molecular flexibility index (Phi) is 7.40. The van der Waals surface area contributed by atoms with Gasteiger partial charge in [0, 0.05) is 23.9 Å². The van der Waals surface area contributed by atoms with Gasteiger partial charge in [-0.25, -0.2) is 9.37 Å². The van der Waals surface area contributed by atoms with Gasteiger partial charge in [0.1, 0.15) is 10.8 Å². The van der Waals surface area contributed by atoms with Crippen LogP contribution in [-0.2, 0) is 12.0 Å². The molecule has 0 aliphatic heterocycles. The van der Waals surface area contributed by atoms with Crippen molar-refractivity contribution in [2.75, 3.05) is 13.6 Å². The third kappa shape index (κ3) is 4.73. The lowest BCUT2D eigenvalue weighted by molar-refractivity contribution is 0.243. The minimum atomic E-state index is -0.183. The Labute approximate surface area is 175 Å². The largest absolute Gasteiger partial charge is 0.356 e. The highest BCUT2D eigenvalue weighted by Gasteiger charge is 2.38. The molecule has 142 valence electrons. The molecule has 0 unspecified atom stereocenters. The Morgan fingerprint density at radius 2 is 1.92 bits per heavy atom. The Morgan fingerprint density at radius 3 is 2.42 bits per heavy atom. The van der Waals surface area contributed by atoms with Crippen molar-refractivity contribution in [3.8, 4) is 0 Å². The second kappa shape index (κ2) is 9.12. The predicted molar refractivity (Wildman–Crippen MR) is 117 cm³/mol. The van der Waals surface area contributed by atoms with E-state index in [1.165, 1.54) is 16.9 Å². The SMILES string of the molecule is CN=C(NCc1nc(C)c(C)s1)NCC1(c2ccc(F)cc2)CCC1.I. The van der Waals surface area contributed by atoms with E-state index in [2.05, 4.69) is 27.5 Å². The highest BCUT2D eigenvalue weighted by atomic mass is 127. The van der Waals surface area contributed by atoms with Crippen LogP contribution < -0.4 is 10.6 Å². The highest BCUT2D eigenvalue weighted by Crippen LogP contribution is 2.43. The molecule has 0 atom stereocenters. The predicted octanol–water partition coefficient (Wildman–Crippen LogP) is 4.30. The number of rotatable bonds is 5. The number of nitrogens with one attached hydrogen (secondary N) is 2. The van der Waals surface area contributed by atoms with E-state index in [0.29, 0.717) is 6.54 Å². The maximum absolute atomic E-state index is 13.2. The van der Waals surface area contributed by atoms with Crippen LogP contribution in [0.3, 0.4) is 0 Å². The molecule has 26 heavy (non-hydrogen) atoms. The van der Waals surface area contributed by atoms with E-state index in [1.54, 1.807) is 30.5 Å². The molecule has 1 heterocycles. The summed E-state index contributed by atoms with van der Waals surface area (Å²) >= 11 is 1.71. The molecule has 1 aliphatic rings. The van der Waals surface area contributed by atoms with Gasteiger partial charge in [0.2, 0.25) is 0 Å². The second-order valence-corrected chi connectivity index (χ2v) is 7.96. The van der Waals surface area contributed by atoms with Gasteiger partial charge in [-0.05, 0) is 44.4 Å². The molecule has 0 saturated heterocycles. The average Bonchev–Trinajstić information content (AvgIpc) is 2.89. The normalized spacial score (nSPS) is 15.8. The first-order valence-corrected chi connectivity index (χ1v) is 9.47. The van der Waals surface area contributed by atoms with Gasteiger partial charge in [-0.3, -0.25) is 4.99 Å². The van der Waals surface area contributed by atoms with Crippen molar-refractivity contribution < 1.29 is 4.39 Å². The standard InChI is InChI=1S/C19H25FN4S.HI/c1-13-14(2)25-17(24-13)11-22-18(21-3)23-12-19(9-4-10-19)15-5-7-16(20)8-6-15;/h5-8H,4,9-12H2,1-3H3,(H2,21,22,23);1H. The van der Waals surface area contributed by atoms with Crippen molar-refractivity contribution in [2.45, 2.75) is 45.1 Å². The smallest absolute Gasteiger partial charge is 0.191 e. The van der Waals surface area contributed by atoms with Gasteiger partial charge in [0.25, 0.3) is 0 Å². The van der Waals surface area contributed by atoms with E-state index >= 15 is 0 Å². The lowest BCUT2D eigenvalue weighted by Gasteiger charge is -2.43. The molecule has 0 spiro atoms. The summed E-state index contributed by atoms with van der Waals surface area (Å²) in [5.41, 5.74) is 2.38. The van der Waals surface area contributed by atoms with Gasteiger partial charge >= 0.3 is 0 Å². The first kappa shape index (κ1) is 21.1. The topological polar surface area (TPSA) is 49.3 Å². The summed E-state index contributed by atoms with van der Waals surface area (Å²) in [6.07, 6.45) is 3.45. The molecule has 0 radical (unpaired) electrons. The van der Waals surface area contributed by atoms with Crippen LogP contribution >= 0.6 is 35.3 Å². The monoisotopic (exact) mass is 488 g/mol. The van der Waals surface area contributed by atoms with Crippen LogP contribution in [0.15, 0.2) is 29.3 Å². The van der Waals surface area contributed by atoms with Gasteiger partial charge in [0.15, 0.2) is 5.96 Å². The van der Waals surface area contributed by atoms with Crippen molar-refractivity contribution >= 4 is 41.3 Å². The van der Waals surface area contributed by atoms with Gasteiger partial charge in [0.05, 0.1) is 12.2 Å². The molecule has 4 nitrogen and oxygen atoms in total. The summed E-state index contributed by atoms with van der Waals surface area (Å²) in [4.78, 5) is 10.1. The van der Waals surface area contributed by atoms with Crippen molar-refractivity contribution in [1.82, 2.24) is 15.6 Å². The zero-order valence-electron chi connectivity index (χ0n) is 15.4. The quantitative estimate of drug-likeness (QED) is 0.375. The number of hydrogen-bond acceptors (Lipinski definition) is 3. The number of halogens is 2. The van der Waals surface area contributed by atoms with E-state index in [1.807, 2.05) is 19.1 Å². The first-order valence-electron chi connectivity index (χ1n) is 8.66. The van der Waals surface area contributed by atoms with Gasteiger partial charge in [-0.2, -0.15) is 0 Å². The summed E-state index contributed by atoms with van der Waals surface area (Å²) in [7, 11) is 1.78. The fourth-order valence-corrected chi connectivity index (χ4v) is 4.10. The van der Waals surface area contributed by atoms with Gasteiger partial charge < -0.3 is 10.6 Å². The fraction of sp³-hybridized carbons (Fsp3) is 0.474. The van der Waals surface area contributed by atoms with Crippen molar-refractivity contribution in [3.63, 3.8) is 0 Å². The number of thiazole rings is 1. The Hall–Kier alpha value is -1.22. The van der Waals surface area contributed by atoms with E-state index in [9.17, 15) is 4.39 Å². The second-order valence-electron chi connectivity index (χ2n) is 6.67. The van der Waals surface area contributed by atoms with E-state index in [-0.39, 0.29) is 35.2 Å². The zero-order valence-corrected chi connectivity index (χ0v) is 18.6. The molecule has 1 saturated carbocycles. The Bertz CT molecular complexity index is 734. The fourth-order valence-electron chi connectivity index (χ4n) is 3.22. The van der Waals surface area contributed by atoms with Gasteiger partial charge in [-0.15, -0.1) is 35.3 Å². The molecule has 0 bridgehead atoms. The molecule has 0 amide bonds. The van der Waals surface area contributed by atoms with E-state index < -0.39 is 0 Å². The van der Waals surface area contributed by atoms with Crippen LogP contribution in [0.4, 0.5) is 4.39 Å². The Morgan fingerprint density at radius 1 is 1.23 bits per heavy atom. The third-order valence-electron chi connectivity index (χ3n) is 5.06. The van der Waals surface area contributed by atoms with Crippen LogP contribution in [-0.4, -0.2) is 24.5 Å². The van der Waals surface area contributed by atoms with E-state index in [4.69, 9.17) is 0 Å². The molecule has 1 aromatic heterocycles. The summed E-state index contributed by atoms with van der Waals surface area (Å²) < 4.78 is 13.2. The molecule has 7 heteroatoms. The summed E-state index contributed by atoms with van der Waals surface area (Å²) in [5.74, 6) is 0.594. The van der Waals surface area contributed by atoms with Crippen molar-refractivity contribution in [2.24, 2.45) is 4.99 Å². The summed E-state index contributed by atoms with van der Waals surface area (Å²) in [6, 6.07) is 6.92. The maximum atomic E-state index is 13.2. The number of nitrogens with zero attached hydrogens (tertiary/aromatic N) is 2. The molecular formula is C19H26FIN4S. The van der Waals surface area contributed by atoms with Crippen LogP contribution in [0.2, 0.25) is 0 Å². The Balaban J connectivity index is 0.00000243. The molecule has 3 rings (SSSR count). The highest BCUT2D eigenvalue weighted by molar-refractivity contribution is 14.0. The number of guanidine groups is 1. The van der Waals surface area contributed by atoms with E-state index in [0.717, 1.165) is 36.0 Å². The average molecular weight is 488 g/mol. The number of aromatic nitrogens is 1. The lowest BCUT2D eigenvalue weighted by atomic mass is 9.64. The molecule has 2 N–H and O–H groups in total. The molecular weight excluding hydrogens is 462 g/mol. The van der Waals surface area contributed by atoms with Crippen LogP contribution in [0.1, 0.15) is 40.4 Å². The van der Waals surface area contributed by atoms with Crippen LogP contribution in [0, 0.1) is 19.7 Å². The molecule has 1 aliphatic carbocycles. The molecule has 1 fully saturated rings. The minimum absolute atomic E-state index is 0. The van der Waals surface area contributed by atoms with Gasteiger partial charge in [-0.1, -0.05) is 18.6 Å². The number of hydrogen-bond donors (Lipinski definition) is 2. The summed E-state index contributed by atoms with van der Waals surface area (Å²) in [6.45, 7) is 5.59. The lowest BCUT2D eigenvalue weighted by Crippen LogP contribution is -2.48. The first-order chi connectivity index (χ1) is 12.0. The third-order valence-corrected chi connectivity index (χ3v) is 6.14. The number of aliphatic imine (C=N–C) groups is 1. The van der Waals surface area contributed by atoms with Crippen molar-refractivity contribution in [1.29, 1.82) is 0 Å². The zero-order chi connectivity index (χ0) is 17.9. The van der Waals surface area contributed by atoms with Crippen molar-refractivity contribution in [3.05, 3.63) is 51.2 Å². The molecule has 2 aromatic rings. The molecule has 1 aromatic carbocycles. The minimum Gasteiger partial charge on any atom is -0.356 e. The maximum Gasteiger partial charge on any atom is 0.191 e. The number of benzene rings is 1.